The molecule has 0 bridgehead atoms. The molecule has 0 fully saturated rings. The first kappa shape index (κ1) is 17.6. The zero-order valence-electron chi connectivity index (χ0n) is 13.8. The average molecular weight is 364 g/mol. The fourth-order valence-corrected chi connectivity index (χ4v) is 3.51. The summed E-state index contributed by atoms with van der Waals surface area (Å²) in [6, 6.07) is 10.4. The molecule has 1 atom stereocenters. The molecule has 3 rings (SSSR count). The lowest BCUT2D eigenvalue weighted by Crippen LogP contribution is -2.37. The van der Waals surface area contributed by atoms with Gasteiger partial charge in [-0.3, -0.25) is 9.48 Å². The third kappa shape index (κ3) is 4.06. The number of rotatable bonds is 5. The monoisotopic (exact) mass is 364 g/mol. The normalized spacial score (nSPS) is 16.2. The molecule has 8 nitrogen and oxygen atoms in total. The lowest BCUT2D eigenvalue weighted by atomic mass is 10.1. The summed E-state index contributed by atoms with van der Waals surface area (Å²) in [5.74, 6) is -0.505. The van der Waals surface area contributed by atoms with E-state index in [1.165, 1.54) is 10.6 Å². The van der Waals surface area contributed by atoms with Crippen LogP contribution in [0.3, 0.4) is 0 Å². The molecule has 0 aliphatic carbocycles. The number of carbonyl (C=O) groups excluding carboxylic acids is 1. The highest BCUT2D eigenvalue weighted by atomic mass is 32.2. The minimum atomic E-state index is -3.24. The van der Waals surface area contributed by atoms with Gasteiger partial charge in [-0.1, -0.05) is 30.3 Å². The molecule has 2 N–H and O–H groups in total. The Bertz CT molecular complexity index is 864. The first-order valence-corrected chi connectivity index (χ1v) is 9.71. The first-order valence-electron chi connectivity index (χ1n) is 7.86. The third-order valence-electron chi connectivity index (χ3n) is 4.09. The molecular formula is C16H20N4O4S. The van der Waals surface area contributed by atoms with E-state index in [9.17, 15) is 18.3 Å². The van der Waals surface area contributed by atoms with E-state index in [1.54, 1.807) is 35.0 Å². The second kappa shape index (κ2) is 6.95. The van der Waals surface area contributed by atoms with E-state index in [-0.39, 0.29) is 13.1 Å². The molecule has 2 heterocycles. The van der Waals surface area contributed by atoms with Gasteiger partial charge in [-0.15, -0.1) is 0 Å². The molecule has 0 unspecified atom stereocenters. The Kier molecular flexibility index (Phi) is 4.89. The Morgan fingerprint density at radius 3 is 2.72 bits per heavy atom. The van der Waals surface area contributed by atoms with Crippen molar-refractivity contribution < 1.29 is 18.3 Å². The van der Waals surface area contributed by atoms with Crippen molar-refractivity contribution in [1.29, 1.82) is 0 Å². The van der Waals surface area contributed by atoms with Crippen LogP contribution in [0.4, 0.5) is 0 Å². The predicted molar refractivity (Wildman–Crippen MR) is 90.7 cm³/mol. The zero-order chi connectivity index (χ0) is 18.0. The van der Waals surface area contributed by atoms with E-state index in [2.05, 4.69) is 10.4 Å². The van der Waals surface area contributed by atoms with Crippen molar-refractivity contribution in [2.24, 2.45) is 0 Å². The molecule has 1 aliphatic heterocycles. The number of aliphatic hydroxyl groups is 1. The number of carbonyl (C=O) groups is 1. The smallest absolute Gasteiger partial charge is 0.253 e. The fraction of sp³-hybridized carbons (Fsp3) is 0.375. The van der Waals surface area contributed by atoms with Gasteiger partial charge in [0.05, 0.1) is 37.3 Å². The van der Waals surface area contributed by atoms with Crippen molar-refractivity contribution in [2.45, 2.75) is 25.7 Å². The van der Waals surface area contributed by atoms with Gasteiger partial charge in [0.25, 0.3) is 5.91 Å². The van der Waals surface area contributed by atoms with Gasteiger partial charge >= 0.3 is 0 Å². The van der Waals surface area contributed by atoms with Gasteiger partial charge in [0.2, 0.25) is 10.0 Å². The molecule has 0 radical (unpaired) electrons. The second-order valence-electron chi connectivity index (χ2n) is 5.98. The molecule has 0 saturated heterocycles. The minimum absolute atomic E-state index is 0.168. The van der Waals surface area contributed by atoms with E-state index in [4.69, 9.17) is 0 Å². The number of hydrogen-bond acceptors (Lipinski definition) is 5. The van der Waals surface area contributed by atoms with Gasteiger partial charge < -0.3 is 10.4 Å². The molecule has 2 aromatic rings. The number of nitrogens with zero attached hydrogens (tertiary/aromatic N) is 3. The summed E-state index contributed by atoms with van der Waals surface area (Å²) < 4.78 is 26.4. The van der Waals surface area contributed by atoms with Crippen LogP contribution in [0.1, 0.15) is 23.1 Å². The second-order valence-corrected chi connectivity index (χ2v) is 7.96. The van der Waals surface area contributed by atoms with Crippen molar-refractivity contribution in [3.8, 4) is 0 Å². The SMILES string of the molecule is CS(=O)(=O)N1CCn2nc(CNC(=O)[C@H](O)c3ccccc3)cc2C1. The molecule has 1 aromatic carbocycles. The third-order valence-corrected chi connectivity index (χ3v) is 5.34. The minimum Gasteiger partial charge on any atom is -0.378 e. The van der Waals surface area contributed by atoms with Crippen LogP contribution in [0.2, 0.25) is 0 Å². The maximum atomic E-state index is 12.1. The molecule has 1 amide bonds. The van der Waals surface area contributed by atoms with Crippen molar-refractivity contribution >= 4 is 15.9 Å². The summed E-state index contributed by atoms with van der Waals surface area (Å²) in [6.45, 7) is 1.29. The molecule has 134 valence electrons. The van der Waals surface area contributed by atoms with Crippen LogP contribution in [0.25, 0.3) is 0 Å². The Morgan fingerprint density at radius 1 is 1.32 bits per heavy atom. The Morgan fingerprint density at radius 2 is 2.04 bits per heavy atom. The summed E-state index contributed by atoms with van der Waals surface area (Å²) in [6.07, 6.45) is -0.0512. The van der Waals surface area contributed by atoms with Crippen LogP contribution >= 0.6 is 0 Å². The van der Waals surface area contributed by atoms with Crippen LogP contribution in [-0.2, 0) is 34.5 Å². The summed E-state index contributed by atoms with van der Waals surface area (Å²) in [5, 5.41) is 17.1. The maximum absolute atomic E-state index is 12.1. The topological polar surface area (TPSA) is 105 Å². The molecule has 25 heavy (non-hydrogen) atoms. The van der Waals surface area contributed by atoms with Crippen LogP contribution in [0.15, 0.2) is 36.4 Å². The number of nitrogens with one attached hydrogen (secondary N) is 1. The van der Waals surface area contributed by atoms with Gasteiger partial charge in [0.1, 0.15) is 0 Å². The van der Waals surface area contributed by atoms with Crippen molar-refractivity contribution in [2.75, 3.05) is 12.8 Å². The fourth-order valence-electron chi connectivity index (χ4n) is 2.73. The number of aliphatic hydroxyl groups excluding tert-OH is 1. The molecule has 0 spiro atoms. The van der Waals surface area contributed by atoms with Gasteiger partial charge in [-0.25, -0.2) is 8.42 Å². The van der Waals surface area contributed by atoms with Crippen LogP contribution in [0.5, 0.6) is 0 Å². The summed E-state index contributed by atoms with van der Waals surface area (Å²) in [5.41, 5.74) is 1.93. The van der Waals surface area contributed by atoms with Crippen molar-refractivity contribution in [3.05, 3.63) is 53.3 Å². The van der Waals surface area contributed by atoms with Crippen LogP contribution in [-0.4, -0.2) is 46.3 Å². The highest BCUT2D eigenvalue weighted by Gasteiger charge is 2.24. The zero-order valence-corrected chi connectivity index (χ0v) is 14.6. The number of aromatic nitrogens is 2. The molecule has 9 heteroatoms. The number of hydrogen-bond donors (Lipinski definition) is 2. The molecule has 1 aromatic heterocycles. The van der Waals surface area contributed by atoms with Crippen LogP contribution < -0.4 is 5.32 Å². The van der Waals surface area contributed by atoms with Gasteiger partial charge in [-0.2, -0.15) is 9.40 Å². The van der Waals surface area contributed by atoms with E-state index in [0.29, 0.717) is 24.3 Å². The lowest BCUT2D eigenvalue weighted by molar-refractivity contribution is -0.129. The number of benzene rings is 1. The highest BCUT2D eigenvalue weighted by Crippen LogP contribution is 2.16. The Balaban J connectivity index is 1.62. The van der Waals surface area contributed by atoms with E-state index >= 15 is 0 Å². The quantitative estimate of drug-likeness (QED) is 0.778. The number of fused-ring (bicyclic) bond motifs is 1. The maximum Gasteiger partial charge on any atom is 0.253 e. The lowest BCUT2D eigenvalue weighted by Gasteiger charge is -2.25. The average Bonchev–Trinajstić information content (AvgIpc) is 3.01. The summed E-state index contributed by atoms with van der Waals surface area (Å²) >= 11 is 0. The summed E-state index contributed by atoms with van der Waals surface area (Å²) in [7, 11) is -3.24. The molecule has 1 aliphatic rings. The van der Waals surface area contributed by atoms with Crippen molar-refractivity contribution in [1.82, 2.24) is 19.4 Å². The van der Waals surface area contributed by atoms with Crippen LogP contribution in [0, 0.1) is 0 Å². The standard InChI is InChI=1S/C16H20N4O4S/c1-25(23,24)19-7-8-20-14(11-19)9-13(18-20)10-17-16(22)15(21)12-5-3-2-4-6-12/h2-6,9,15,21H,7-8,10-11H2,1H3,(H,17,22)/t15-/m1/s1. The predicted octanol–water partition coefficient (Wildman–Crippen LogP) is 0.00810. The highest BCUT2D eigenvalue weighted by molar-refractivity contribution is 7.88. The molecule has 0 saturated carbocycles. The van der Waals surface area contributed by atoms with Gasteiger partial charge in [0.15, 0.2) is 6.10 Å². The largest absolute Gasteiger partial charge is 0.378 e. The molecular weight excluding hydrogens is 344 g/mol. The van der Waals surface area contributed by atoms with Gasteiger partial charge in [0, 0.05) is 6.54 Å². The first-order chi connectivity index (χ1) is 11.8. The van der Waals surface area contributed by atoms with E-state index in [1.807, 2.05) is 6.07 Å². The van der Waals surface area contributed by atoms with E-state index < -0.39 is 22.0 Å². The van der Waals surface area contributed by atoms with Gasteiger partial charge in [-0.05, 0) is 11.6 Å². The van der Waals surface area contributed by atoms with Crippen molar-refractivity contribution in [3.63, 3.8) is 0 Å². The summed E-state index contributed by atoms with van der Waals surface area (Å²) in [4.78, 5) is 12.1. The Labute approximate surface area is 146 Å². The number of sulfonamides is 1. The number of amides is 1. The Hall–Kier alpha value is -2.23. The van der Waals surface area contributed by atoms with E-state index in [0.717, 1.165) is 5.69 Å².